The maximum Gasteiger partial charge on any atom is 0.328 e. The summed E-state index contributed by atoms with van der Waals surface area (Å²) >= 11 is 0. The Kier molecular flexibility index (Phi) is 4.60. The predicted molar refractivity (Wildman–Crippen MR) is 114 cm³/mol. The van der Waals surface area contributed by atoms with E-state index in [1.807, 2.05) is 12.1 Å². The fourth-order valence-electron chi connectivity index (χ4n) is 4.33. The fourth-order valence-corrected chi connectivity index (χ4v) is 4.33. The summed E-state index contributed by atoms with van der Waals surface area (Å²) in [6.07, 6.45) is 4.74. The minimum Gasteiger partial charge on any atom is -0.328 e. The molecule has 1 aliphatic carbocycles. The van der Waals surface area contributed by atoms with Gasteiger partial charge in [0.05, 0.1) is 16.9 Å². The first-order valence-electron chi connectivity index (χ1n) is 10.5. The predicted octanol–water partition coefficient (Wildman–Crippen LogP) is 1.17. The second-order valence-electron chi connectivity index (χ2n) is 8.37. The molecular formula is C22H23N5O4. The van der Waals surface area contributed by atoms with Crippen LogP contribution in [0.1, 0.15) is 47.9 Å². The number of likely N-dealkylation sites (tertiary alicyclic amines) is 1. The number of para-hydroxylation sites is 1. The summed E-state index contributed by atoms with van der Waals surface area (Å²) in [5.74, 6) is 0.568. The highest BCUT2D eigenvalue weighted by Crippen LogP contribution is 2.35. The van der Waals surface area contributed by atoms with E-state index < -0.39 is 23.2 Å². The third kappa shape index (κ3) is 3.30. The van der Waals surface area contributed by atoms with Crippen LogP contribution >= 0.6 is 0 Å². The minimum absolute atomic E-state index is 0.0910. The van der Waals surface area contributed by atoms with Crippen molar-refractivity contribution in [1.29, 1.82) is 0 Å². The van der Waals surface area contributed by atoms with E-state index in [9.17, 15) is 19.2 Å². The Balaban J connectivity index is 1.61. The van der Waals surface area contributed by atoms with Gasteiger partial charge in [0.15, 0.2) is 0 Å². The number of hydrogen-bond donors (Lipinski definition) is 1. The van der Waals surface area contributed by atoms with Gasteiger partial charge in [-0.25, -0.2) is 9.78 Å². The van der Waals surface area contributed by atoms with Crippen LogP contribution < -0.4 is 16.8 Å². The topological polar surface area (TPSA) is 110 Å². The van der Waals surface area contributed by atoms with E-state index >= 15 is 0 Å². The maximum atomic E-state index is 13.3. The van der Waals surface area contributed by atoms with Crippen LogP contribution in [0.3, 0.4) is 0 Å². The van der Waals surface area contributed by atoms with Gasteiger partial charge in [-0.3, -0.25) is 23.5 Å². The monoisotopic (exact) mass is 421 g/mol. The number of benzene rings is 1. The summed E-state index contributed by atoms with van der Waals surface area (Å²) in [7, 11) is 1.33. The van der Waals surface area contributed by atoms with Crippen LogP contribution in [0.4, 0.5) is 0 Å². The summed E-state index contributed by atoms with van der Waals surface area (Å²) in [6, 6.07) is 6.84. The molecule has 1 saturated carbocycles. The van der Waals surface area contributed by atoms with E-state index in [1.54, 1.807) is 21.6 Å². The number of hydrogen-bond acceptors (Lipinski definition) is 5. The van der Waals surface area contributed by atoms with Gasteiger partial charge in [0.25, 0.3) is 17.0 Å². The lowest BCUT2D eigenvalue weighted by Crippen LogP contribution is -2.41. The van der Waals surface area contributed by atoms with Crippen molar-refractivity contribution in [2.24, 2.45) is 13.0 Å². The molecule has 0 radical (unpaired) electrons. The summed E-state index contributed by atoms with van der Waals surface area (Å²) in [5.41, 5.74) is -0.790. The zero-order valence-electron chi connectivity index (χ0n) is 17.2. The molecule has 3 heterocycles. The van der Waals surface area contributed by atoms with Crippen LogP contribution in [0.5, 0.6) is 0 Å². The van der Waals surface area contributed by atoms with Gasteiger partial charge >= 0.3 is 5.69 Å². The van der Waals surface area contributed by atoms with Crippen molar-refractivity contribution in [2.45, 2.75) is 38.3 Å². The van der Waals surface area contributed by atoms with Crippen molar-refractivity contribution in [1.82, 2.24) is 24.0 Å². The van der Waals surface area contributed by atoms with Crippen molar-refractivity contribution < 1.29 is 4.79 Å². The van der Waals surface area contributed by atoms with Gasteiger partial charge in [0.1, 0.15) is 11.4 Å². The number of amides is 1. The average molecular weight is 421 g/mol. The third-order valence-electron chi connectivity index (χ3n) is 6.25. The van der Waals surface area contributed by atoms with E-state index in [0.29, 0.717) is 42.2 Å². The van der Waals surface area contributed by atoms with Crippen molar-refractivity contribution in [2.75, 3.05) is 6.54 Å². The highest BCUT2D eigenvalue weighted by Gasteiger charge is 2.36. The van der Waals surface area contributed by atoms with E-state index in [0.717, 1.165) is 23.8 Å². The molecule has 2 aliphatic rings. The van der Waals surface area contributed by atoms with Crippen molar-refractivity contribution in [3.63, 3.8) is 0 Å². The van der Waals surface area contributed by atoms with Crippen LogP contribution in [0.2, 0.25) is 0 Å². The Morgan fingerprint density at radius 1 is 1.13 bits per heavy atom. The smallest absolute Gasteiger partial charge is 0.328 e. The lowest BCUT2D eigenvalue weighted by atomic mass is 10.1. The van der Waals surface area contributed by atoms with Gasteiger partial charge in [0, 0.05) is 26.3 Å². The molecule has 2 fully saturated rings. The average Bonchev–Trinajstić information content (AvgIpc) is 3.46. The molecule has 1 amide bonds. The van der Waals surface area contributed by atoms with E-state index in [1.165, 1.54) is 13.2 Å². The molecule has 1 unspecified atom stereocenters. The SMILES string of the molecule is Cn1c(=O)[nH]cc(C(=O)N2CCCC2c2nc3ccccc3c(=O)n2CC2CC2)c1=O. The van der Waals surface area contributed by atoms with E-state index in [2.05, 4.69) is 4.98 Å². The maximum absolute atomic E-state index is 13.3. The number of H-pyrrole nitrogens is 1. The number of carbonyl (C=O) groups is 1. The van der Waals surface area contributed by atoms with Gasteiger partial charge in [-0.1, -0.05) is 12.1 Å². The molecule has 0 spiro atoms. The first-order valence-corrected chi connectivity index (χ1v) is 10.5. The van der Waals surface area contributed by atoms with Gasteiger partial charge in [-0.15, -0.1) is 0 Å². The molecule has 9 nitrogen and oxygen atoms in total. The number of carbonyl (C=O) groups excluding carboxylic acids is 1. The molecule has 31 heavy (non-hydrogen) atoms. The molecule has 160 valence electrons. The standard InChI is InChI=1S/C22H23N5O4/c1-25-19(28)15(11-23-22(25)31)21(30)26-10-4-7-17(26)18-24-16-6-3-2-5-14(16)20(29)27(18)12-13-8-9-13/h2-3,5-6,11,13,17H,4,7-10,12H2,1H3,(H,23,31). The van der Waals surface area contributed by atoms with Crippen LogP contribution in [0.15, 0.2) is 44.8 Å². The molecule has 9 heteroatoms. The Morgan fingerprint density at radius 3 is 2.68 bits per heavy atom. The fraction of sp³-hybridized carbons (Fsp3) is 0.409. The highest BCUT2D eigenvalue weighted by atomic mass is 16.2. The van der Waals surface area contributed by atoms with Gasteiger partial charge in [-0.05, 0) is 43.7 Å². The molecule has 1 aromatic carbocycles. The number of rotatable bonds is 4. The summed E-state index contributed by atoms with van der Waals surface area (Å²) in [6.45, 7) is 1.04. The molecule has 0 bridgehead atoms. The highest BCUT2D eigenvalue weighted by molar-refractivity contribution is 5.94. The second-order valence-corrected chi connectivity index (χ2v) is 8.37. The Hall–Kier alpha value is -3.49. The van der Waals surface area contributed by atoms with E-state index in [4.69, 9.17) is 4.98 Å². The normalized spacial score (nSPS) is 18.6. The lowest BCUT2D eigenvalue weighted by Gasteiger charge is -2.26. The first-order chi connectivity index (χ1) is 15.0. The molecule has 1 aliphatic heterocycles. The number of nitrogens with one attached hydrogen (secondary N) is 1. The number of nitrogens with zero attached hydrogens (tertiary/aromatic N) is 4. The minimum atomic E-state index is -0.638. The van der Waals surface area contributed by atoms with Gasteiger partial charge in [-0.2, -0.15) is 0 Å². The molecule has 1 saturated heterocycles. The van der Waals surface area contributed by atoms with Crippen LogP contribution in [-0.4, -0.2) is 36.5 Å². The van der Waals surface area contributed by atoms with Crippen LogP contribution in [0, 0.1) is 5.92 Å². The van der Waals surface area contributed by atoms with Crippen molar-refractivity contribution in [3.8, 4) is 0 Å². The molecular weight excluding hydrogens is 398 g/mol. The first kappa shape index (κ1) is 19.5. The van der Waals surface area contributed by atoms with Crippen molar-refractivity contribution in [3.05, 3.63) is 73.0 Å². The number of aromatic nitrogens is 4. The molecule has 3 aromatic rings. The van der Waals surface area contributed by atoms with Crippen LogP contribution in [0.25, 0.3) is 10.9 Å². The summed E-state index contributed by atoms with van der Waals surface area (Å²) in [4.78, 5) is 59.6. The lowest BCUT2D eigenvalue weighted by molar-refractivity contribution is 0.0723. The molecule has 2 aromatic heterocycles. The zero-order chi connectivity index (χ0) is 21.7. The summed E-state index contributed by atoms with van der Waals surface area (Å²) in [5, 5.41) is 0.567. The Morgan fingerprint density at radius 2 is 1.90 bits per heavy atom. The van der Waals surface area contributed by atoms with Gasteiger partial charge < -0.3 is 9.88 Å². The summed E-state index contributed by atoms with van der Waals surface area (Å²) < 4.78 is 2.61. The molecule has 1 N–H and O–H groups in total. The van der Waals surface area contributed by atoms with Gasteiger partial charge in [0.2, 0.25) is 0 Å². The van der Waals surface area contributed by atoms with E-state index in [-0.39, 0.29) is 11.1 Å². The Labute approximate surface area is 177 Å². The quantitative estimate of drug-likeness (QED) is 0.680. The number of fused-ring (bicyclic) bond motifs is 1. The molecule has 1 atom stereocenters. The largest absolute Gasteiger partial charge is 0.328 e. The zero-order valence-corrected chi connectivity index (χ0v) is 17.2. The Bertz CT molecular complexity index is 1360. The number of aromatic amines is 1. The second kappa shape index (κ2) is 7.33. The third-order valence-corrected chi connectivity index (χ3v) is 6.25. The van der Waals surface area contributed by atoms with Crippen LogP contribution in [-0.2, 0) is 13.6 Å². The molecule has 5 rings (SSSR count). The van der Waals surface area contributed by atoms with Crippen molar-refractivity contribution >= 4 is 16.8 Å².